The second kappa shape index (κ2) is 7.07. The number of allylic oxidation sites excluding steroid dienone is 6. The Morgan fingerprint density at radius 1 is 0.944 bits per heavy atom. The van der Waals surface area contributed by atoms with E-state index < -0.39 is 57.0 Å². The Hall–Kier alpha value is -2.52. The van der Waals surface area contributed by atoms with Crippen LogP contribution in [-0.2, 0) is 19.1 Å². The van der Waals surface area contributed by atoms with Crippen LogP contribution < -0.4 is 0 Å². The lowest BCUT2D eigenvalue weighted by Crippen LogP contribution is -2.72. The zero-order valence-corrected chi connectivity index (χ0v) is 21.5. The fourth-order valence-electron chi connectivity index (χ4n) is 8.16. The summed E-state index contributed by atoms with van der Waals surface area (Å²) in [5.74, 6) is -8.64. The quantitative estimate of drug-likeness (QED) is 0.189. The molecule has 0 aromatic heterocycles. The van der Waals surface area contributed by atoms with Gasteiger partial charge >= 0.3 is 0 Å². The van der Waals surface area contributed by atoms with Gasteiger partial charge in [-0.25, -0.2) is 0 Å². The van der Waals surface area contributed by atoms with E-state index in [2.05, 4.69) is 0 Å². The second-order valence-electron chi connectivity index (χ2n) is 11.3. The van der Waals surface area contributed by atoms with Gasteiger partial charge in [-0.3, -0.25) is 9.59 Å². The van der Waals surface area contributed by atoms with Crippen LogP contribution in [0.15, 0.2) is 59.1 Å². The van der Waals surface area contributed by atoms with Gasteiger partial charge < -0.3 is 29.9 Å². The van der Waals surface area contributed by atoms with E-state index in [1.165, 1.54) is 33.8 Å². The van der Waals surface area contributed by atoms with Gasteiger partial charge in [0.2, 0.25) is 11.6 Å². The molecular formula is C28H34O8. The Kier molecular flexibility index (Phi) is 4.94. The number of hydrogen-bond donors (Lipinski definition) is 4. The Bertz CT molecular complexity index is 1240. The highest BCUT2D eigenvalue weighted by Gasteiger charge is 2.98. The molecule has 2 heterocycles. The van der Waals surface area contributed by atoms with Gasteiger partial charge in [0.15, 0.2) is 11.6 Å². The summed E-state index contributed by atoms with van der Waals surface area (Å²) in [7, 11) is 0. The Morgan fingerprint density at radius 2 is 1.53 bits per heavy atom. The summed E-state index contributed by atoms with van der Waals surface area (Å²) in [4.78, 5) is 28.0. The molecule has 2 saturated carbocycles. The maximum atomic E-state index is 14.3. The van der Waals surface area contributed by atoms with E-state index in [-0.39, 0.29) is 29.1 Å². The maximum Gasteiger partial charge on any atom is 0.210 e. The molecule has 3 aliphatic carbocycles. The molecule has 0 spiro atoms. The number of carbonyl (C=O) groups excluding carboxylic acids is 2. The summed E-state index contributed by atoms with van der Waals surface area (Å²) in [6.07, 6.45) is 10.5. The smallest absolute Gasteiger partial charge is 0.210 e. The highest BCUT2D eigenvalue weighted by atomic mass is 16.8. The van der Waals surface area contributed by atoms with Crippen molar-refractivity contribution >= 4 is 11.6 Å². The largest absolute Gasteiger partial charge is 0.511 e. The molecule has 0 radical (unpaired) electrons. The van der Waals surface area contributed by atoms with Crippen molar-refractivity contribution in [3.8, 4) is 0 Å². The van der Waals surface area contributed by atoms with E-state index >= 15 is 0 Å². The van der Waals surface area contributed by atoms with Crippen molar-refractivity contribution in [2.24, 2.45) is 22.7 Å². The van der Waals surface area contributed by atoms with Crippen molar-refractivity contribution < 1.29 is 39.5 Å². The molecule has 8 bridgehead atoms. The van der Waals surface area contributed by atoms with Crippen LogP contribution in [-0.4, -0.2) is 54.8 Å². The van der Waals surface area contributed by atoms with Crippen molar-refractivity contribution in [1.29, 1.82) is 0 Å². The van der Waals surface area contributed by atoms with E-state index in [0.717, 1.165) is 0 Å². The van der Waals surface area contributed by atoms with Crippen LogP contribution in [0.3, 0.4) is 0 Å². The van der Waals surface area contributed by atoms with E-state index in [0.29, 0.717) is 6.42 Å². The average Bonchev–Trinajstić information content (AvgIpc) is 3.12. The SMILES string of the molecule is CC=CC=CC(O)=C1C(=O)C2(C)C3C(C(=O)CCC=CC)=C(O)C4(C)C1C1(C)OC4(O)C3(C)OC12O. The summed E-state index contributed by atoms with van der Waals surface area (Å²) >= 11 is 0. The number of rotatable bonds is 6. The number of aliphatic hydroxyl groups excluding tert-OH is 2. The van der Waals surface area contributed by atoms with Crippen LogP contribution >= 0.6 is 0 Å². The molecule has 8 nitrogen and oxygen atoms in total. The third-order valence-electron chi connectivity index (χ3n) is 9.68. The van der Waals surface area contributed by atoms with Gasteiger partial charge in [0.25, 0.3) is 0 Å². The van der Waals surface area contributed by atoms with Gasteiger partial charge in [0.05, 0.1) is 10.8 Å². The zero-order chi connectivity index (χ0) is 26.7. The van der Waals surface area contributed by atoms with Crippen molar-refractivity contribution in [1.82, 2.24) is 0 Å². The highest BCUT2D eigenvalue weighted by molar-refractivity contribution is 6.08. The number of carbonyl (C=O) groups is 2. The van der Waals surface area contributed by atoms with Crippen LogP contribution in [0.4, 0.5) is 0 Å². The molecule has 4 N–H and O–H groups in total. The van der Waals surface area contributed by atoms with Gasteiger partial charge in [-0.05, 0) is 54.0 Å². The Morgan fingerprint density at radius 3 is 2.11 bits per heavy atom. The van der Waals surface area contributed by atoms with Gasteiger partial charge in [-0.1, -0.05) is 30.4 Å². The predicted octanol–water partition coefficient (Wildman–Crippen LogP) is 3.48. The first kappa shape index (κ1) is 25.1. The fraction of sp³-hybridized carbons (Fsp3) is 0.571. The zero-order valence-electron chi connectivity index (χ0n) is 21.5. The first-order chi connectivity index (χ1) is 16.7. The van der Waals surface area contributed by atoms with Gasteiger partial charge in [-0.15, -0.1) is 0 Å². The molecule has 5 aliphatic rings. The number of Topliss-reactive ketones (excluding diaryl/α,β-unsaturated/α-hetero) is 2. The van der Waals surface area contributed by atoms with Gasteiger partial charge in [0.1, 0.15) is 22.7 Å². The highest BCUT2D eigenvalue weighted by Crippen LogP contribution is 2.84. The monoisotopic (exact) mass is 498 g/mol. The van der Waals surface area contributed by atoms with Crippen LogP contribution in [0.5, 0.6) is 0 Å². The summed E-state index contributed by atoms with van der Waals surface area (Å²) in [5, 5.41) is 47.4. The molecule has 36 heavy (non-hydrogen) atoms. The van der Waals surface area contributed by atoms with Crippen LogP contribution in [0.25, 0.3) is 0 Å². The fourth-order valence-corrected chi connectivity index (χ4v) is 8.16. The van der Waals surface area contributed by atoms with E-state index in [1.54, 1.807) is 25.2 Å². The minimum absolute atomic E-state index is 0.0264. The van der Waals surface area contributed by atoms with Gasteiger partial charge in [-0.2, -0.15) is 0 Å². The lowest BCUT2D eigenvalue weighted by atomic mass is 9.40. The molecule has 8 atom stereocenters. The minimum Gasteiger partial charge on any atom is -0.511 e. The lowest BCUT2D eigenvalue weighted by Gasteiger charge is -2.58. The average molecular weight is 499 g/mol. The van der Waals surface area contributed by atoms with Crippen molar-refractivity contribution in [2.45, 2.75) is 77.2 Å². The second-order valence-corrected chi connectivity index (χ2v) is 11.3. The lowest BCUT2D eigenvalue weighted by molar-refractivity contribution is -0.451. The van der Waals surface area contributed by atoms with Crippen molar-refractivity contribution in [3.05, 3.63) is 59.1 Å². The van der Waals surface area contributed by atoms with Crippen LogP contribution in [0, 0.1) is 22.7 Å². The Balaban J connectivity index is 1.89. The summed E-state index contributed by atoms with van der Waals surface area (Å²) in [6, 6.07) is 0. The molecule has 0 aromatic carbocycles. The molecule has 4 fully saturated rings. The predicted molar refractivity (Wildman–Crippen MR) is 129 cm³/mol. The number of aliphatic hydroxyl groups is 4. The summed E-state index contributed by atoms with van der Waals surface area (Å²) < 4.78 is 12.5. The molecular weight excluding hydrogens is 464 g/mol. The first-order valence-corrected chi connectivity index (χ1v) is 12.4. The molecule has 8 heteroatoms. The van der Waals surface area contributed by atoms with Crippen molar-refractivity contribution in [2.75, 3.05) is 0 Å². The Labute approximate surface area is 210 Å². The number of ketones is 2. The number of hydrogen-bond acceptors (Lipinski definition) is 8. The van der Waals surface area contributed by atoms with E-state index in [4.69, 9.17) is 9.47 Å². The van der Waals surface area contributed by atoms with E-state index in [1.807, 2.05) is 19.1 Å². The molecule has 2 saturated heterocycles. The molecule has 2 aliphatic heterocycles. The molecule has 194 valence electrons. The maximum absolute atomic E-state index is 14.3. The molecule has 5 rings (SSSR count). The van der Waals surface area contributed by atoms with Crippen LogP contribution in [0.1, 0.15) is 54.4 Å². The molecule has 0 amide bonds. The van der Waals surface area contributed by atoms with E-state index in [9.17, 15) is 30.0 Å². The third-order valence-corrected chi connectivity index (χ3v) is 9.68. The molecule has 0 aromatic rings. The standard InChI is InChI=1S/C28H34O8/c1-7-9-11-13-15(29)17-19-23(3)22(32)18(16(30)14-12-10-8-2)20-24(4,21(17)31)28(34)25(19,5)35-27(23,33)26(20,6)36-28/h7-11,13,19-20,29,32-34H,12,14H2,1-6H3. The number of ether oxygens (including phenoxy) is 2. The first-order valence-electron chi connectivity index (χ1n) is 12.4. The normalized spacial score (nSPS) is 50.1. The minimum atomic E-state index is -2.24. The summed E-state index contributed by atoms with van der Waals surface area (Å²) in [5.41, 5.74) is -7.18. The van der Waals surface area contributed by atoms with Crippen molar-refractivity contribution in [3.63, 3.8) is 0 Å². The van der Waals surface area contributed by atoms with Gasteiger partial charge in [0, 0.05) is 29.4 Å². The molecule has 8 unspecified atom stereocenters. The third kappa shape index (κ3) is 2.19. The summed E-state index contributed by atoms with van der Waals surface area (Å²) in [6.45, 7) is 9.66. The topological polar surface area (TPSA) is 134 Å². The van der Waals surface area contributed by atoms with Crippen LogP contribution in [0.2, 0.25) is 0 Å².